The van der Waals surface area contributed by atoms with Crippen molar-refractivity contribution in [2.24, 2.45) is 0 Å². The van der Waals surface area contributed by atoms with E-state index in [-0.39, 0.29) is 5.91 Å². The van der Waals surface area contributed by atoms with Crippen molar-refractivity contribution in [3.63, 3.8) is 0 Å². The maximum absolute atomic E-state index is 11.8. The van der Waals surface area contributed by atoms with Crippen molar-refractivity contribution in [2.45, 2.75) is 12.8 Å². The molecule has 1 heterocycles. The molecule has 1 aliphatic rings. The number of amides is 1. The predicted molar refractivity (Wildman–Crippen MR) is 75.3 cm³/mol. The van der Waals surface area contributed by atoms with Gasteiger partial charge < -0.3 is 15.4 Å². The Hall–Kier alpha value is -1.81. The van der Waals surface area contributed by atoms with Gasteiger partial charge in [-0.25, -0.2) is 0 Å². The van der Waals surface area contributed by atoms with Crippen LogP contribution in [0.4, 0.5) is 0 Å². The lowest BCUT2D eigenvalue weighted by molar-refractivity contribution is -0.120. The molecular weight excluding hydrogens is 240 g/mol. The van der Waals surface area contributed by atoms with Gasteiger partial charge in [-0.15, -0.1) is 0 Å². The second-order valence-electron chi connectivity index (χ2n) is 4.62. The first-order valence-corrected chi connectivity index (χ1v) is 6.56. The van der Waals surface area contributed by atoms with E-state index in [9.17, 15) is 4.79 Å². The molecule has 0 saturated carbocycles. The fraction of sp³-hybridized carbons (Fsp3) is 0.400. The molecule has 0 unspecified atom stereocenters. The van der Waals surface area contributed by atoms with E-state index in [1.165, 1.54) is 5.57 Å². The molecule has 0 aromatic heterocycles. The highest BCUT2D eigenvalue weighted by Gasteiger charge is 2.06. The molecule has 0 atom stereocenters. The Labute approximate surface area is 113 Å². The van der Waals surface area contributed by atoms with Crippen molar-refractivity contribution < 1.29 is 9.53 Å². The number of carbonyl (C=O) groups excluding carboxylic acids is 1. The monoisotopic (exact) mass is 260 g/mol. The Kier molecular flexibility index (Phi) is 4.98. The molecule has 1 amide bonds. The Morgan fingerprint density at radius 1 is 1.37 bits per heavy atom. The smallest absolute Gasteiger partial charge is 0.224 e. The first-order chi connectivity index (χ1) is 9.28. The van der Waals surface area contributed by atoms with Crippen LogP contribution in [-0.4, -0.2) is 32.7 Å². The highest BCUT2D eigenvalue weighted by atomic mass is 16.5. The zero-order valence-corrected chi connectivity index (χ0v) is 11.2. The Morgan fingerprint density at radius 3 is 2.79 bits per heavy atom. The van der Waals surface area contributed by atoms with Crippen LogP contribution in [0.1, 0.15) is 12.0 Å². The molecule has 102 valence electrons. The third kappa shape index (κ3) is 4.41. The normalized spacial score (nSPS) is 14.7. The van der Waals surface area contributed by atoms with Gasteiger partial charge in [-0.2, -0.15) is 0 Å². The van der Waals surface area contributed by atoms with E-state index >= 15 is 0 Å². The summed E-state index contributed by atoms with van der Waals surface area (Å²) in [6.07, 6.45) is 3.58. The van der Waals surface area contributed by atoms with Crippen molar-refractivity contribution in [2.75, 3.05) is 26.7 Å². The molecule has 0 spiro atoms. The molecule has 0 aliphatic carbocycles. The van der Waals surface area contributed by atoms with E-state index < -0.39 is 0 Å². The molecule has 2 rings (SSSR count). The van der Waals surface area contributed by atoms with Gasteiger partial charge in [0, 0.05) is 13.1 Å². The lowest BCUT2D eigenvalue weighted by Gasteiger charge is -2.14. The van der Waals surface area contributed by atoms with Crippen LogP contribution in [0, 0.1) is 0 Å². The minimum atomic E-state index is 0.0598. The van der Waals surface area contributed by atoms with E-state index in [0.29, 0.717) is 13.0 Å². The van der Waals surface area contributed by atoms with Gasteiger partial charge in [0.05, 0.1) is 13.5 Å². The number of nitrogens with one attached hydrogen (secondary N) is 2. The quantitative estimate of drug-likeness (QED) is 0.784. The van der Waals surface area contributed by atoms with Gasteiger partial charge in [-0.3, -0.25) is 4.79 Å². The minimum Gasteiger partial charge on any atom is -0.497 e. The van der Waals surface area contributed by atoms with Crippen molar-refractivity contribution in [1.29, 1.82) is 0 Å². The average Bonchev–Trinajstić information content (AvgIpc) is 2.47. The summed E-state index contributed by atoms with van der Waals surface area (Å²) in [6.45, 7) is 2.57. The highest BCUT2D eigenvalue weighted by Crippen LogP contribution is 2.11. The number of ether oxygens (including phenoxy) is 1. The number of methoxy groups -OCH3 is 1. The SMILES string of the molecule is COc1ccc(CC(=O)NCC2=CCNCC2)cc1. The van der Waals surface area contributed by atoms with Crippen LogP contribution >= 0.6 is 0 Å². The van der Waals surface area contributed by atoms with Crippen molar-refractivity contribution in [1.82, 2.24) is 10.6 Å². The highest BCUT2D eigenvalue weighted by molar-refractivity contribution is 5.78. The largest absolute Gasteiger partial charge is 0.497 e. The molecule has 1 aromatic rings. The summed E-state index contributed by atoms with van der Waals surface area (Å²) >= 11 is 0. The van der Waals surface area contributed by atoms with Crippen LogP contribution < -0.4 is 15.4 Å². The van der Waals surface area contributed by atoms with Crippen molar-refractivity contribution in [3.8, 4) is 5.75 Å². The van der Waals surface area contributed by atoms with Gasteiger partial charge in [-0.05, 0) is 30.7 Å². The van der Waals surface area contributed by atoms with Crippen LogP contribution in [0.25, 0.3) is 0 Å². The Balaban J connectivity index is 1.78. The lowest BCUT2D eigenvalue weighted by Crippen LogP contribution is -2.30. The molecule has 0 bridgehead atoms. The second kappa shape index (κ2) is 6.95. The Morgan fingerprint density at radius 2 is 2.16 bits per heavy atom. The van der Waals surface area contributed by atoms with Gasteiger partial charge >= 0.3 is 0 Å². The topological polar surface area (TPSA) is 50.4 Å². The van der Waals surface area contributed by atoms with Crippen LogP contribution in [0.15, 0.2) is 35.9 Å². The maximum Gasteiger partial charge on any atom is 0.224 e. The van der Waals surface area contributed by atoms with Gasteiger partial charge in [0.2, 0.25) is 5.91 Å². The van der Waals surface area contributed by atoms with Crippen LogP contribution in [0.2, 0.25) is 0 Å². The molecule has 1 aliphatic heterocycles. The summed E-state index contributed by atoms with van der Waals surface area (Å²) < 4.78 is 5.09. The minimum absolute atomic E-state index is 0.0598. The molecule has 0 saturated heterocycles. The Bertz CT molecular complexity index is 452. The number of rotatable bonds is 5. The summed E-state index contributed by atoms with van der Waals surface area (Å²) in [5.41, 5.74) is 2.31. The third-order valence-electron chi connectivity index (χ3n) is 3.19. The maximum atomic E-state index is 11.8. The van der Waals surface area contributed by atoms with E-state index in [1.807, 2.05) is 24.3 Å². The molecular formula is C15H20N2O2. The lowest BCUT2D eigenvalue weighted by atomic mass is 10.1. The molecule has 4 heteroatoms. The van der Waals surface area contributed by atoms with E-state index in [0.717, 1.165) is 30.8 Å². The fourth-order valence-corrected chi connectivity index (χ4v) is 2.03. The third-order valence-corrected chi connectivity index (χ3v) is 3.19. The number of carbonyl (C=O) groups is 1. The predicted octanol–water partition coefficient (Wildman–Crippen LogP) is 1.27. The summed E-state index contributed by atoms with van der Waals surface area (Å²) in [5.74, 6) is 0.869. The number of hydrogen-bond donors (Lipinski definition) is 2. The summed E-state index contributed by atoms with van der Waals surface area (Å²) in [6, 6.07) is 7.58. The van der Waals surface area contributed by atoms with E-state index in [2.05, 4.69) is 16.7 Å². The first-order valence-electron chi connectivity index (χ1n) is 6.56. The van der Waals surface area contributed by atoms with Crippen LogP contribution in [0.3, 0.4) is 0 Å². The van der Waals surface area contributed by atoms with Gasteiger partial charge in [0.1, 0.15) is 5.75 Å². The fourth-order valence-electron chi connectivity index (χ4n) is 2.03. The standard InChI is InChI=1S/C15H20N2O2/c1-19-14-4-2-12(3-5-14)10-15(18)17-11-13-6-8-16-9-7-13/h2-6,16H,7-11H2,1H3,(H,17,18). The summed E-state index contributed by atoms with van der Waals surface area (Å²) in [4.78, 5) is 11.8. The number of benzene rings is 1. The van der Waals surface area contributed by atoms with Crippen molar-refractivity contribution in [3.05, 3.63) is 41.5 Å². The van der Waals surface area contributed by atoms with E-state index in [4.69, 9.17) is 4.74 Å². The van der Waals surface area contributed by atoms with Gasteiger partial charge in [0.25, 0.3) is 0 Å². The molecule has 2 N–H and O–H groups in total. The van der Waals surface area contributed by atoms with E-state index in [1.54, 1.807) is 7.11 Å². The average molecular weight is 260 g/mol. The van der Waals surface area contributed by atoms with Crippen LogP contribution in [-0.2, 0) is 11.2 Å². The zero-order chi connectivity index (χ0) is 13.5. The van der Waals surface area contributed by atoms with Crippen LogP contribution in [0.5, 0.6) is 5.75 Å². The second-order valence-corrected chi connectivity index (χ2v) is 4.62. The first kappa shape index (κ1) is 13.6. The zero-order valence-electron chi connectivity index (χ0n) is 11.2. The molecule has 0 fully saturated rings. The molecule has 19 heavy (non-hydrogen) atoms. The molecule has 4 nitrogen and oxygen atoms in total. The molecule has 1 aromatic carbocycles. The number of hydrogen-bond acceptors (Lipinski definition) is 3. The van der Waals surface area contributed by atoms with Crippen molar-refractivity contribution >= 4 is 5.91 Å². The van der Waals surface area contributed by atoms with Gasteiger partial charge in [0.15, 0.2) is 0 Å². The summed E-state index contributed by atoms with van der Waals surface area (Å²) in [7, 11) is 1.63. The molecule has 0 radical (unpaired) electrons. The van der Waals surface area contributed by atoms with Gasteiger partial charge in [-0.1, -0.05) is 23.8 Å². The summed E-state index contributed by atoms with van der Waals surface area (Å²) in [5, 5.41) is 6.22.